The van der Waals surface area contributed by atoms with Gasteiger partial charge in [0.25, 0.3) is 0 Å². The molecule has 19 heavy (non-hydrogen) atoms. The zero-order chi connectivity index (χ0) is 14.3. The van der Waals surface area contributed by atoms with Crippen LogP contribution in [0.4, 0.5) is 0 Å². The fraction of sp³-hybridized carbons (Fsp3) is 0.647. The van der Waals surface area contributed by atoms with Crippen LogP contribution in [0.5, 0.6) is 5.75 Å². The largest absolute Gasteiger partial charge is 0.493 e. The van der Waals surface area contributed by atoms with Crippen molar-refractivity contribution in [2.75, 3.05) is 13.2 Å². The summed E-state index contributed by atoms with van der Waals surface area (Å²) in [4.78, 5) is 0. The zero-order valence-electron chi connectivity index (χ0n) is 12.9. The Kier molecular flexibility index (Phi) is 6.36. The smallest absolute Gasteiger partial charge is 0.122 e. The van der Waals surface area contributed by atoms with Crippen LogP contribution in [0.1, 0.15) is 58.4 Å². The van der Waals surface area contributed by atoms with Gasteiger partial charge in [-0.15, -0.1) is 0 Å². The summed E-state index contributed by atoms with van der Waals surface area (Å²) in [6.45, 7) is 10.4. The van der Waals surface area contributed by atoms with Crippen LogP contribution in [-0.4, -0.2) is 13.2 Å². The summed E-state index contributed by atoms with van der Waals surface area (Å²) in [6, 6.07) is 8.33. The van der Waals surface area contributed by atoms with E-state index < -0.39 is 0 Å². The normalized spacial score (nSPS) is 11.9. The van der Waals surface area contributed by atoms with E-state index in [2.05, 4.69) is 45.9 Å². The van der Waals surface area contributed by atoms with E-state index in [0.29, 0.717) is 5.92 Å². The molecule has 2 nitrogen and oxygen atoms in total. The Morgan fingerprint density at radius 3 is 2.47 bits per heavy atom. The van der Waals surface area contributed by atoms with Crippen molar-refractivity contribution in [1.29, 1.82) is 0 Å². The average Bonchev–Trinajstić information content (AvgIpc) is 2.38. The second-order valence-electron chi connectivity index (χ2n) is 6.37. The van der Waals surface area contributed by atoms with Crippen molar-refractivity contribution in [1.82, 2.24) is 0 Å². The molecule has 0 amide bonds. The minimum Gasteiger partial charge on any atom is -0.493 e. The van der Waals surface area contributed by atoms with Crippen LogP contribution in [0.2, 0.25) is 0 Å². The predicted molar refractivity (Wildman–Crippen MR) is 82.7 cm³/mol. The van der Waals surface area contributed by atoms with Crippen LogP contribution in [-0.2, 0) is 0 Å². The minimum atomic E-state index is 0.260. The van der Waals surface area contributed by atoms with Gasteiger partial charge in [0.15, 0.2) is 0 Å². The first-order valence-electron chi connectivity index (χ1n) is 7.38. The van der Waals surface area contributed by atoms with Gasteiger partial charge in [0.1, 0.15) is 5.75 Å². The van der Waals surface area contributed by atoms with Gasteiger partial charge in [0.2, 0.25) is 0 Å². The van der Waals surface area contributed by atoms with Gasteiger partial charge in [-0.2, -0.15) is 0 Å². The quantitative estimate of drug-likeness (QED) is 0.708. The van der Waals surface area contributed by atoms with Gasteiger partial charge in [-0.1, -0.05) is 45.9 Å². The maximum Gasteiger partial charge on any atom is 0.122 e. The van der Waals surface area contributed by atoms with Gasteiger partial charge < -0.3 is 10.5 Å². The molecule has 2 N–H and O–H groups in total. The zero-order valence-corrected chi connectivity index (χ0v) is 12.9. The van der Waals surface area contributed by atoms with Crippen molar-refractivity contribution in [3.63, 3.8) is 0 Å². The van der Waals surface area contributed by atoms with Crippen molar-refractivity contribution in [3.05, 3.63) is 29.8 Å². The molecule has 0 heterocycles. The molecule has 0 fully saturated rings. The summed E-state index contributed by atoms with van der Waals surface area (Å²) in [5.74, 6) is 1.54. The van der Waals surface area contributed by atoms with E-state index in [4.69, 9.17) is 10.5 Å². The Hall–Kier alpha value is -1.02. The average molecular weight is 263 g/mol. The first-order valence-corrected chi connectivity index (χ1v) is 7.38. The Morgan fingerprint density at radius 2 is 1.84 bits per heavy atom. The summed E-state index contributed by atoms with van der Waals surface area (Å²) in [6.07, 6.45) is 3.43. The molecule has 0 saturated carbocycles. The molecule has 0 aliphatic rings. The fourth-order valence-corrected chi connectivity index (χ4v) is 2.08. The standard InChI is InChI=1S/C17H29NO/c1-14(2)15-9-5-6-10-16(15)19-12-8-7-11-17(3,4)13-18/h5-6,9-10,14H,7-8,11-13,18H2,1-4H3. The van der Waals surface area contributed by atoms with Crippen molar-refractivity contribution >= 4 is 0 Å². The summed E-state index contributed by atoms with van der Waals surface area (Å²) in [7, 11) is 0. The van der Waals surface area contributed by atoms with Crippen molar-refractivity contribution in [3.8, 4) is 5.75 Å². The highest BCUT2D eigenvalue weighted by Crippen LogP contribution is 2.26. The first-order chi connectivity index (χ1) is 8.96. The van der Waals surface area contributed by atoms with Crippen LogP contribution < -0.4 is 10.5 Å². The molecule has 2 heteroatoms. The lowest BCUT2D eigenvalue weighted by Gasteiger charge is -2.22. The van der Waals surface area contributed by atoms with E-state index in [1.54, 1.807) is 0 Å². The monoisotopic (exact) mass is 263 g/mol. The molecule has 1 aromatic rings. The molecular formula is C17H29NO. The molecule has 1 aromatic carbocycles. The Labute approximate surface area is 118 Å². The highest BCUT2D eigenvalue weighted by Gasteiger charge is 2.14. The topological polar surface area (TPSA) is 35.2 Å². The number of nitrogens with two attached hydrogens (primary N) is 1. The molecule has 0 unspecified atom stereocenters. The summed E-state index contributed by atoms with van der Waals surface area (Å²) in [5, 5.41) is 0. The van der Waals surface area contributed by atoms with Crippen molar-refractivity contribution in [2.45, 2.75) is 52.9 Å². The number of ether oxygens (including phenoxy) is 1. The van der Waals surface area contributed by atoms with Gasteiger partial charge in [-0.05, 0) is 48.8 Å². The summed E-state index contributed by atoms with van der Waals surface area (Å²) in [5.41, 5.74) is 7.29. The van der Waals surface area contributed by atoms with Crippen LogP contribution in [0.25, 0.3) is 0 Å². The van der Waals surface area contributed by atoms with Gasteiger partial charge in [-0.25, -0.2) is 0 Å². The Bertz CT molecular complexity index is 371. The highest BCUT2D eigenvalue weighted by molar-refractivity contribution is 5.35. The molecule has 0 atom stereocenters. The van der Waals surface area contributed by atoms with E-state index in [0.717, 1.165) is 25.3 Å². The number of hydrogen-bond acceptors (Lipinski definition) is 2. The van der Waals surface area contributed by atoms with Gasteiger partial charge >= 0.3 is 0 Å². The fourth-order valence-electron chi connectivity index (χ4n) is 2.08. The molecule has 1 rings (SSSR count). The second kappa shape index (κ2) is 7.54. The molecule has 0 saturated heterocycles. The van der Waals surface area contributed by atoms with E-state index in [-0.39, 0.29) is 5.41 Å². The van der Waals surface area contributed by atoms with Crippen LogP contribution >= 0.6 is 0 Å². The molecule has 0 aromatic heterocycles. The van der Waals surface area contributed by atoms with Gasteiger partial charge in [-0.3, -0.25) is 0 Å². The number of hydrogen-bond donors (Lipinski definition) is 1. The van der Waals surface area contributed by atoms with Crippen molar-refractivity contribution in [2.24, 2.45) is 11.1 Å². The first kappa shape index (κ1) is 16.0. The SMILES string of the molecule is CC(C)c1ccccc1OCCCCC(C)(C)CN. The van der Waals surface area contributed by atoms with Gasteiger partial charge in [0.05, 0.1) is 6.61 Å². The molecule has 108 valence electrons. The van der Waals surface area contributed by atoms with E-state index >= 15 is 0 Å². The molecule has 0 aliphatic carbocycles. The molecule has 0 spiro atoms. The highest BCUT2D eigenvalue weighted by atomic mass is 16.5. The number of rotatable bonds is 8. The predicted octanol–water partition coefficient (Wildman–Crippen LogP) is 4.34. The maximum atomic E-state index is 5.92. The third-order valence-corrected chi connectivity index (χ3v) is 3.60. The van der Waals surface area contributed by atoms with Crippen LogP contribution in [0.15, 0.2) is 24.3 Å². The molecule has 0 aliphatic heterocycles. The summed E-state index contributed by atoms with van der Waals surface area (Å²) >= 11 is 0. The number of para-hydroxylation sites is 1. The minimum absolute atomic E-state index is 0.260. The molecular weight excluding hydrogens is 234 g/mol. The van der Waals surface area contributed by atoms with Crippen LogP contribution in [0.3, 0.4) is 0 Å². The van der Waals surface area contributed by atoms with E-state index in [9.17, 15) is 0 Å². The maximum absolute atomic E-state index is 5.92. The van der Waals surface area contributed by atoms with E-state index in [1.165, 1.54) is 18.4 Å². The second-order valence-corrected chi connectivity index (χ2v) is 6.37. The third-order valence-electron chi connectivity index (χ3n) is 3.60. The number of benzene rings is 1. The molecule has 0 bridgehead atoms. The third kappa shape index (κ3) is 5.65. The lowest BCUT2D eigenvalue weighted by Crippen LogP contribution is -2.23. The summed E-state index contributed by atoms with van der Waals surface area (Å²) < 4.78 is 5.92. The number of unbranched alkanes of at least 4 members (excludes halogenated alkanes) is 1. The lowest BCUT2D eigenvalue weighted by molar-refractivity contribution is 0.276. The van der Waals surface area contributed by atoms with E-state index in [1.807, 2.05) is 6.07 Å². The molecule has 0 radical (unpaired) electrons. The van der Waals surface area contributed by atoms with Crippen molar-refractivity contribution < 1.29 is 4.74 Å². The lowest BCUT2D eigenvalue weighted by atomic mass is 9.87. The van der Waals surface area contributed by atoms with Gasteiger partial charge in [0, 0.05) is 0 Å². The van der Waals surface area contributed by atoms with Crippen LogP contribution in [0, 0.1) is 5.41 Å². The Balaban J connectivity index is 2.34. The Morgan fingerprint density at radius 1 is 1.16 bits per heavy atom.